The first kappa shape index (κ1) is 12.9. The van der Waals surface area contributed by atoms with E-state index in [-0.39, 0.29) is 11.6 Å². The normalized spacial score (nSPS) is 14.1. The summed E-state index contributed by atoms with van der Waals surface area (Å²) in [6, 6.07) is 11.7. The van der Waals surface area contributed by atoms with E-state index in [0.29, 0.717) is 17.2 Å². The summed E-state index contributed by atoms with van der Waals surface area (Å²) >= 11 is 0. The number of carbonyl (C=O) groups excluding carboxylic acids is 1. The summed E-state index contributed by atoms with van der Waals surface area (Å²) in [6.07, 6.45) is 2.48. The molecule has 0 unspecified atom stereocenters. The highest BCUT2D eigenvalue weighted by atomic mass is 19.1. The number of Topliss-reactive ketones (excluding diaryl/α,β-unsaturated/α-hetero) is 1. The van der Waals surface area contributed by atoms with Crippen LogP contribution in [0.15, 0.2) is 42.5 Å². The van der Waals surface area contributed by atoms with Gasteiger partial charge in [-0.15, -0.1) is 0 Å². The molecule has 2 aromatic carbocycles. The van der Waals surface area contributed by atoms with Crippen LogP contribution in [0.2, 0.25) is 0 Å². The lowest BCUT2D eigenvalue weighted by molar-refractivity contribution is 0.101. The molecule has 0 radical (unpaired) electrons. The van der Waals surface area contributed by atoms with E-state index in [4.69, 9.17) is 4.74 Å². The van der Waals surface area contributed by atoms with Crippen molar-refractivity contribution < 1.29 is 13.9 Å². The molecule has 1 saturated carbocycles. The molecule has 0 saturated heterocycles. The van der Waals surface area contributed by atoms with Crippen molar-refractivity contribution in [2.45, 2.75) is 25.9 Å². The molecule has 3 rings (SSSR count). The maximum absolute atomic E-state index is 13.5. The fourth-order valence-corrected chi connectivity index (χ4v) is 2.18. The lowest BCUT2D eigenvalue weighted by atomic mass is 9.97. The Kier molecular flexibility index (Phi) is 3.26. The zero-order valence-electron chi connectivity index (χ0n) is 11.2. The van der Waals surface area contributed by atoms with Gasteiger partial charge in [0, 0.05) is 5.56 Å². The first-order valence-electron chi connectivity index (χ1n) is 6.71. The van der Waals surface area contributed by atoms with E-state index in [1.807, 2.05) is 24.3 Å². The van der Waals surface area contributed by atoms with Gasteiger partial charge < -0.3 is 4.74 Å². The maximum Gasteiger partial charge on any atom is 0.160 e. The topological polar surface area (TPSA) is 26.3 Å². The minimum atomic E-state index is -0.349. The van der Waals surface area contributed by atoms with Crippen molar-refractivity contribution in [3.8, 4) is 16.9 Å². The van der Waals surface area contributed by atoms with Crippen molar-refractivity contribution >= 4 is 5.78 Å². The predicted molar refractivity (Wildman–Crippen MR) is 75.5 cm³/mol. The molecule has 2 aromatic rings. The van der Waals surface area contributed by atoms with E-state index in [9.17, 15) is 9.18 Å². The summed E-state index contributed by atoms with van der Waals surface area (Å²) < 4.78 is 19.2. The molecule has 0 aromatic heterocycles. The van der Waals surface area contributed by atoms with Gasteiger partial charge in [0.2, 0.25) is 0 Å². The number of ether oxygens (including phenoxy) is 1. The molecule has 1 aliphatic rings. The summed E-state index contributed by atoms with van der Waals surface area (Å²) in [6.45, 7) is 1.49. The van der Waals surface area contributed by atoms with E-state index in [1.54, 1.807) is 0 Å². The van der Waals surface area contributed by atoms with Crippen LogP contribution in [0.1, 0.15) is 30.1 Å². The highest BCUT2D eigenvalue weighted by molar-refractivity contribution is 6.00. The molecule has 3 heteroatoms. The van der Waals surface area contributed by atoms with Crippen molar-refractivity contribution in [1.29, 1.82) is 0 Å². The Balaban J connectivity index is 2.02. The second kappa shape index (κ2) is 5.08. The molecule has 0 heterocycles. The molecule has 0 bridgehead atoms. The first-order valence-corrected chi connectivity index (χ1v) is 6.71. The molecule has 102 valence electrons. The minimum Gasteiger partial charge on any atom is -0.490 e. The van der Waals surface area contributed by atoms with Crippen LogP contribution in [0.4, 0.5) is 4.39 Å². The highest BCUT2D eigenvalue weighted by Crippen LogP contribution is 2.31. The van der Waals surface area contributed by atoms with Crippen LogP contribution in [-0.2, 0) is 0 Å². The van der Waals surface area contributed by atoms with Crippen molar-refractivity contribution in [2.24, 2.45) is 0 Å². The number of hydrogen-bond acceptors (Lipinski definition) is 2. The third-order valence-electron chi connectivity index (χ3n) is 3.33. The molecule has 0 atom stereocenters. The Morgan fingerprint density at radius 1 is 1.20 bits per heavy atom. The summed E-state index contributed by atoms with van der Waals surface area (Å²) in [5.41, 5.74) is 1.93. The van der Waals surface area contributed by atoms with Crippen molar-refractivity contribution in [2.75, 3.05) is 0 Å². The molecule has 1 fully saturated rings. The van der Waals surface area contributed by atoms with Crippen LogP contribution >= 0.6 is 0 Å². The van der Waals surface area contributed by atoms with Gasteiger partial charge in [0.1, 0.15) is 11.6 Å². The van der Waals surface area contributed by atoms with Gasteiger partial charge in [-0.05, 0) is 61.2 Å². The lowest BCUT2D eigenvalue weighted by Crippen LogP contribution is -1.98. The van der Waals surface area contributed by atoms with Gasteiger partial charge in [0.25, 0.3) is 0 Å². The van der Waals surface area contributed by atoms with Crippen LogP contribution in [-0.4, -0.2) is 11.9 Å². The number of hydrogen-bond donors (Lipinski definition) is 0. The Bertz CT molecular complexity index is 660. The molecular formula is C17H15FO2. The SMILES string of the molecule is CC(=O)c1ccc(F)cc1-c1cccc(OC2CC2)c1. The molecule has 0 aliphatic heterocycles. The van der Waals surface area contributed by atoms with Gasteiger partial charge in [-0.3, -0.25) is 4.79 Å². The van der Waals surface area contributed by atoms with E-state index in [2.05, 4.69) is 0 Å². The monoisotopic (exact) mass is 270 g/mol. The summed E-state index contributed by atoms with van der Waals surface area (Å²) in [5, 5.41) is 0. The fourth-order valence-electron chi connectivity index (χ4n) is 2.18. The van der Waals surface area contributed by atoms with Crippen LogP contribution in [0.25, 0.3) is 11.1 Å². The van der Waals surface area contributed by atoms with E-state index < -0.39 is 0 Å². The summed E-state index contributed by atoms with van der Waals surface area (Å²) in [4.78, 5) is 11.7. The van der Waals surface area contributed by atoms with E-state index >= 15 is 0 Å². The van der Waals surface area contributed by atoms with Gasteiger partial charge in [0.15, 0.2) is 5.78 Å². The molecule has 0 spiro atoms. The van der Waals surface area contributed by atoms with Gasteiger partial charge >= 0.3 is 0 Å². The Morgan fingerprint density at radius 2 is 2.00 bits per heavy atom. The standard InChI is InChI=1S/C17H15FO2/c1-11(19)16-8-5-13(18)10-17(16)12-3-2-4-15(9-12)20-14-6-7-14/h2-5,8-10,14H,6-7H2,1H3. The third-order valence-corrected chi connectivity index (χ3v) is 3.33. The average molecular weight is 270 g/mol. The van der Waals surface area contributed by atoms with Crippen molar-refractivity contribution in [3.05, 3.63) is 53.8 Å². The van der Waals surface area contributed by atoms with Crippen molar-refractivity contribution in [3.63, 3.8) is 0 Å². The van der Waals surface area contributed by atoms with Crippen LogP contribution in [0, 0.1) is 5.82 Å². The molecule has 0 amide bonds. The second-order valence-corrected chi connectivity index (χ2v) is 5.09. The molecule has 2 nitrogen and oxygen atoms in total. The number of ketones is 1. The van der Waals surface area contributed by atoms with Crippen LogP contribution < -0.4 is 4.74 Å². The zero-order chi connectivity index (χ0) is 14.1. The number of halogens is 1. The number of rotatable bonds is 4. The number of carbonyl (C=O) groups is 1. The zero-order valence-corrected chi connectivity index (χ0v) is 11.2. The van der Waals surface area contributed by atoms with Crippen LogP contribution in [0.5, 0.6) is 5.75 Å². The Morgan fingerprint density at radius 3 is 2.70 bits per heavy atom. The fraction of sp³-hybridized carbons (Fsp3) is 0.235. The van der Waals surface area contributed by atoms with Gasteiger partial charge in [-0.1, -0.05) is 12.1 Å². The smallest absolute Gasteiger partial charge is 0.160 e. The Hall–Kier alpha value is -2.16. The lowest BCUT2D eigenvalue weighted by Gasteiger charge is -2.10. The quantitative estimate of drug-likeness (QED) is 0.777. The van der Waals surface area contributed by atoms with Gasteiger partial charge in [-0.25, -0.2) is 4.39 Å². The van der Waals surface area contributed by atoms with Crippen molar-refractivity contribution in [1.82, 2.24) is 0 Å². The van der Waals surface area contributed by atoms with Gasteiger partial charge in [0.05, 0.1) is 6.10 Å². The third kappa shape index (κ3) is 2.72. The van der Waals surface area contributed by atoms with Gasteiger partial charge in [-0.2, -0.15) is 0 Å². The Labute approximate surface area is 117 Å². The highest BCUT2D eigenvalue weighted by Gasteiger charge is 2.23. The largest absolute Gasteiger partial charge is 0.490 e. The summed E-state index contributed by atoms with van der Waals surface area (Å²) in [7, 11) is 0. The first-order chi connectivity index (χ1) is 9.63. The number of benzene rings is 2. The minimum absolute atomic E-state index is 0.0754. The second-order valence-electron chi connectivity index (χ2n) is 5.09. The van der Waals surface area contributed by atoms with Crippen LogP contribution in [0.3, 0.4) is 0 Å². The average Bonchev–Trinajstić information content (AvgIpc) is 3.22. The van der Waals surface area contributed by atoms with E-state index in [0.717, 1.165) is 24.2 Å². The summed E-state index contributed by atoms with van der Waals surface area (Å²) in [5.74, 6) is 0.343. The molecule has 1 aliphatic carbocycles. The van der Waals surface area contributed by atoms with E-state index in [1.165, 1.54) is 25.1 Å². The predicted octanol–water partition coefficient (Wildman–Crippen LogP) is 4.24. The molecule has 20 heavy (non-hydrogen) atoms. The molecular weight excluding hydrogens is 255 g/mol. The maximum atomic E-state index is 13.5. The molecule has 0 N–H and O–H groups in total.